The first-order chi connectivity index (χ1) is 14.1. The van der Waals surface area contributed by atoms with Gasteiger partial charge in [0.15, 0.2) is 5.78 Å². The predicted molar refractivity (Wildman–Crippen MR) is 107 cm³/mol. The molecule has 0 aromatic rings. The summed E-state index contributed by atoms with van der Waals surface area (Å²) >= 11 is 0. The van der Waals surface area contributed by atoms with E-state index in [0.29, 0.717) is 18.3 Å². The standard InChI is InChI=1S/C24H32F2O4/c1-13(27)30-21-11-15(28)10-14-4-5-16-17-6-7-19(20(29)12-22(25)26)23(17,2)9-8-18(16)24(14,21)3/h10,16-19,21-22H,4-9,11-12H2,1-3H3/t16-,17-,18-,19+,21?,23-,24-/m0/s1. The van der Waals surface area contributed by atoms with Crippen molar-refractivity contribution in [3.05, 3.63) is 11.6 Å². The van der Waals surface area contributed by atoms with E-state index in [1.807, 2.05) is 0 Å². The number of carbonyl (C=O) groups excluding carboxylic acids is 3. The number of ketones is 2. The number of halogens is 2. The molecule has 0 radical (unpaired) electrons. The number of fused-ring (bicyclic) bond motifs is 5. The minimum absolute atomic E-state index is 0.0198. The molecule has 3 fully saturated rings. The molecule has 1 unspecified atom stereocenters. The summed E-state index contributed by atoms with van der Waals surface area (Å²) in [5, 5.41) is 0. The van der Waals surface area contributed by atoms with Gasteiger partial charge in [-0.3, -0.25) is 14.4 Å². The molecule has 0 spiro atoms. The van der Waals surface area contributed by atoms with Gasteiger partial charge >= 0.3 is 5.97 Å². The molecule has 166 valence electrons. The largest absolute Gasteiger partial charge is 0.461 e. The Hall–Kier alpha value is -1.59. The van der Waals surface area contributed by atoms with E-state index in [4.69, 9.17) is 4.74 Å². The monoisotopic (exact) mass is 422 g/mol. The molecule has 0 heterocycles. The second-order valence-corrected chi connectivity index (χ2v) is 10.4. The summed E-state index contributed by atoms with van der Waals surface area (Å²) in [6.45, 7) is 5.67. The average Bonchev–Trinajstić information content (AvgIpc) is 2.99. The van der Waals surface area contributed by atoms with Crippen LogP contribution in [-0.4, -0.2) is 30.1 Å². The van der Waals surface area contributed by atoms with Gasteiger partial charge in [-0.05, 0) is 67.8 Å². The van der Waals surface area contributed by atoms with E-state index in [-0.39, 0.29) is 46.6 Å². The lowest BCUT2D eigenvalue weighted by molar-refractivity contribution is -0.164. The van der Waals surface area contributed by atoms with Crippen LogP contribution in [0.4, 0.5) is 8.78 Å². The summed E-state index contributed by atoms with van der Waals surface area (Å²) in [6.07, 6.45) is 3.35. The molecule has 0 N–H and O–H groups in total. The van der Waals surface area contributed by atoms with Crippen molar-refractivity contribution in [1.29, 1.82) is 0 Å². The van der Waals surface area contributed by atoms with Gasteiger partial charge in [0.1, 0.15) is 11.9 Å². The van der Waals surface area contributed by atoms with Crippen LogP contribution in [0.25, 0.3) is 0 Å². The van der Waals surface area contributed by atoms with Crippen molar-refractivity contribution < 1.29 is 27.9 Å². The van der Waals surface area contributed by atoms with Crippen molar-refractivity contribution >= 4 is 17.5 Å². The van der Waals surface area contributed by atoms with Crippen molar-refractivity contribution in [1.82, 2.24) is 0 Å². The quantitative estimate of drug-likeness (QED) is 0.605. The highest BCUT2D eigenvalue weighted by Gasteiger charge is 2.62. The van der Waals surface area contributed by atoms with Crippen LogP contribution < -0.4 is 0 Å². The first-order valence-electron chi connectivity index (χ1n) is 11.3. The Morgan fingerprint density at radius 2 is 1.90 bits per heavy atom. The van der Waals surface area contributed by atoms with Crippen LogP contribution in [0.2, 0.25) is 0 Å². The molecule has 7 atom stereocenters. The first kappa shape index (κ1) is 21.6. The number of alkyl halides is 2. The van der Waals surface area contributed by atoms with Gasteiger partial charge in [-0.2, -0.15) is 0 Å². The molecule has 0 saturated heterocycles. The van der Waals surface area contributed by atoms with Crippen LogP contribution in [0.5, 0.6) is 0 Å². The number of Topliss-reactive ketones (excluding diaryl/α,β-unsaturated/α-hetero) is 1. The van der Waals surface area contributed by atoms with Crippen molar-refractivity contribution in [2.24, 2.45) is 34.5 Å². The molecule has 3 saturated carbocycles. The third-order valence-corrected chi connectivity index (χ3v) is 9.09. The maximum atomic E-state index is 12.9. The Balaban J connectivity index is 1.64. The molecule has 0 aromatic carbocycles. The van der Waals surface area contributed by atoms with Crippen LogP contribution in [0, 0.1) is 34.5 Å². The fraction of sp³-hybridized carbons (Fsp3) is 0.792. The molecule has 4 nitrogen and oxygen atoms in total. The molecule has 0 bridgehead atoms. The Morgan fingerprint density at radius 1 is 1.17 bits per heavy atom. The van der Waals surface area contributed by atoms with Gasteiger partial charge in [0.2, 0.25) is 6.43 Å². The molecular weight excluding hydrogens is 390 g/mol. The van der Waals surface area contributed by atoms with Crippen LogP contribution in [-0.2, 0) is 19.1 Å². The fourth-order valence-corrected chi connectivity index (χ4v) is 7.77. The highest BCUT2D eigenvalue weighted by molar-refractivity contribution is 5.92. The van der Waals surface area contributed by atoms with E-state index >= 15 is 0 Å². The average molecular weight is 423 g/mol. The van der Waals surface area contributed by atoms with Crippen molar-refractivity contribution in [3.8, 4) is 0 Å². The van der Waals surface area contributed by atoms with Crippen LogP contribution in [0.15, 0.2) is 11.6 Å². The smallest absolute Gasteiger partial charge is 0.302 e. The zero-order chi connectivity index (χ0) is 21.8. The van der Waals surface area contributed by atoms with Gasteiger partial charge in [-0.1, -0.05) is 19.4 Å². The highest BCUT2D eigenvalue weighted by Crippen LogP contribution is 2.67. The van der Waals surface area contributed by atoms with E-state index in [9.17, 15) is 23.2 Å². The molecule has 0 amide bonds. The maximum Gasteiger partial charge on any atom is 0.302 e. The third-order valence-electron chi connectivity index (χ3n) is 9.09. The number of rotatable bonds is 4. The fourth-order valence-electron chi connectivity index (χ4n) is 7.77. The number of hydrogen-bond donors (Lipinski definition) is 0. The summed E-state index contributed by atoms with van der Waals surface area (Å²) in [5.74, 6) is 0.0507. The molecule has 4 rings (SSSR count). The Morgan fingerprint density at radius 3 is 2.57 bits per heavy atom. The normalized spacial score (nSPS) is 42.8. The van der Waals surface area contributed by atoms with Crippen molar-refractivity contribution in [3.63, 3.8) is 0 Å². The third kappa shape index (κ3) is 3.25. The van der Waals surface area contributed by atoms with E-state index in [1.165, 1.54) is 6.92 Å². The summed E-state index contributed by atoms with van der Waals surface area (Å²) in [5.41, 5.74) is 0.499. The van der Waals surface area contributed by atoms with Gasteiger partial charge in [-0.25, -0.2) is 8.78 Å². The Kier molecular flexibility index (Phi) is 5.43. The Labute approximate surface area is 176 Å². The lowest BCUT2D eigenvalue weighted by atomic mass is 9.46. The van der Waals surface area contributed by atoms with Crippen LogP contribution >= 0.6 is 0 Å². The minimum atomic E-state index is -2.58. The van der Waals surface area contributed by atoms with E-state index in [1.54, 1.807) is 6.08 Å². The van der Waals surface area contributed by atoms with Gasteiger partial charge in [0, 0.05) is 24.7 Å². The zero-order valence-corrected chi connectivity index (χ0v) is 18.1. The molecular formula is C24H32F2O4. The topological polar surface area (TPSA) is 60.4 Å². The summed E-state index contributed by atoms with van der Waals surface area (Å²) < 4.78 is 31.4. The van der Waals surface area contributed by atoms with Crippen LogP contribution in [0.1, 0.15) is 72.1 Å². The molecule has 0 aliphatic heterocycles. The lowest BCUT2D eigenvalue weighted by Crippen LogP contribution is -2.56. The van der Waals surface area contributed by atoms with Gasteiger partial charge in [0.05, 0.1) is 6.42 Å². The van der Waals surface area contributed by atoms with Crippen molar-refractivity contribution in [2.75, 3.05) is 0 Å². The second kappa shape index (κ2) is 7.52. The van der Waals surface area contributed by atoms with Crippen molar-refractivity contribution in [2.45, 2.75) is 84.7 Å². The summed E-state index contributed by atoms with van der Waals surface area (Å²) in [4.78, 5) is 36.7. The van der Waals surface area contributed by atoms with Crippen LogP contribution in [0.3, 0.4) is 0 Å². The number of hydrogen-bond acceptors (Lipinski definition) is 4. The van der Waals surface area contributed by atoms with Gasteiger partial charge in [0.25, 0.3) is 0 Å². The molecule has 4 aliphatic rings. The number of ether oxygens (including phenoxy) is 1. The predicted octanol–water partition coefficient (Wildman–Crippen LogP) is 4.90. The minimum Gasteiger partial charge on any atom is -0.461 e. The SMILES string of the molecule is CC(=O)OC1CC(=O)C=C2CC[C@H]3[C@@H]4CC[C@H](C(=O)CC(F)F)[C@@]4(C)CC[C@@H]3[C@]21C. The maximum absolute atomic E-state index is 12.9. The van der Waals surface area contributed by atoms with Gasteiger partial charge < -0.3 is 4.74 Å². The zero-order valence-electron chi connectivity index (χ0n) is 18.1. The highest BCUT2D eigenvalue weighted by atomic mass is 19.3. The number of carbonyl (C=O) groups is 3. The molecule has 6 heteroatoms. The molecule has 0 aromatic heterocycles. The summed E-state index contributed by atoms with van der Waals surface area (Å²) in [7, 11) is 0. The van der Waals surface area contributed by atoms with E-state index in [2.05, 4.69) is 13.8 Å². The molecule has 30 heavy (non-hydrogen) atoms. The lowest BCUT2D eigenvalue weighted by Gasteiger charge is -2.59. The van der Waals surface area contributed by atoms with Gasteiger partial charge in [-0.15, -0.1) is 0 Å². The number of esters is 1. The summed E-state index contributed by atoms with van der Waals surface area (Å²) in [6, 6.07) is 0. The second-order valence-electron chi connectivity index (χ2n) is 10.4. The molecule has 4 aliphatic carbocycles. The Bertz CT molecular complexity index is 790. The first-order valence-corrected chi connectivity index (χ1v) is 11.3. The van der Waals surface area contributed by atoms with E-state index in [0.717, 1.165) is 37.7 Å². The van der Waals surface area contributed by atoms with E-state index < -0.39 is 19.0 Å².